The van der Waals surface area contributed by atoms with Gasteiger partial charge in [-0.3, -0.25) is 4.98 Å². The summed E-state index contributed by atoms with van der Waals surface area (Å²) in [6.45, 7) is 8.82. The van der Waals surface area contributed by atoms with Gasteiger partial charge in [0.2, 0.25) is 0 Å². The summed E-state index contributed by atoms with van der Waals surface area (Å²) >= 11 is 0. The van der Waals surface area contributed by atoms with Crippen molar-refractivity contribution in [3.63, 3.8) is 0 Å². The summed E-state index contributed by atoms with van der Waals surface area (Å²) in [6, 6.07) is 27.0. The van der Waals surface area contributed by atoms with Crippen LogP contribution >= 0.6 is 0 Å². The van der Waals surface area contributed by atoms with E-state index in [2.05, 4.69) is 97.4 Å². The molecule has 1 spiro atoms. The number of quaternary nitrogens is 1. The van der Waals surface area contributed by atoms with E-state index in [1.54, 1.807) is 0 Å². The summed E-state index contributed by atoms with van der Waals surface area (Å²) in [4.78, 5) is 9.67. The number of aromatic nitrogens is 2. The van der Waals surface area contributed by atoms with Crippen LogP contribution in [-0.2, 0) is 13.0 Å². The van der Waals surface area contributed by atoms with Crippen LogP contribution in [0, 0.1) is 18.8 Å². The minimum absolute atomic E-state index is 0.368. The highest BCUT2D eigenvalue weighted by molar-refractivity contribution is 5.97. The summed E-state index contributed by atoms with van der Waals surface area (Å²) in [5.41, 5.74) is 7.93. The number of pyridine rings is 2. The molecule has 5 aromatic rings. The standard InChI is InChI=1S/C33H30N3/c1-3-27-28-15-17-36(20-26-23-8-4-6-10-30(23)35-31-11-7-5-9-24(26)31)32(33(27,28)36)19-22-14-16-34-29-13-12-21(2)18-25(22)29/h3-14,16,18,27-28,32H,1,15,17,19-20H2,2H3/q+1/t27?,28?,32-,33?,36?/m1/s1. The molecule has 0 radical (unpaired) electrons. The summed E-state index contributed by atoms with van der Waals surface area (Å²) in [5, 5.41) is 3.95. The Morgan fingerprint density at radius 1 is 0.944 bits per heavy atom. The van der Waals surface area contributed by atoms with Gasteiger partial charge in [0.1, 0.15) is 6.54 Å². The molecule has 1 aliphatic carbocycles. The first-order chi connectivity index (χ1) is 17.7. The summed E-state index contributed by atoms with van der Waals surface area (Å²) in [5.74, 6) is 1.43. The second-order valence-electron chi connectivity index (χ2n) is 11.3. The van der Waals surface area contributed by atoms with Crippen LogP contribution in [0.1, 0.15) is 23.1 Å². The zero-order valence-corrected chi connectivity index (χ0v) is 20.7. The maximum atomic E-state index is 5.01. The topological polar surface area (TPSA) is 25.8 Å². The molecule has 5 atom stereocenters. The van der Waals surface area contributed by atoms with Crippen molar-refractivity contribution < 1.29 is 4.48 Å². The van der Waals surface area contributed by atoms with Crippen molar-refractivity contribution in [1.29, 1.82) is 0 Å². The average Bonchev–Trinajstić information content (AvgIpc) is 3.68. The van der Waals surface area contributed by atoms with Crippen LogP contribution in [0.25, 0.3) is 32.7 Å². The van der Waals surface area contributed by atoms with Crippen molar-refractivity contribution in [2.75, 3.05) is 6.54 Å². The van der Waals surface area contributed by atoms with E-state index in [4.69, 9.17) is 4.98 Å². The number of rotatable bonds is 5. The third-order valence-electron chi connectivity index (χ3n) is 9.92. The summed E-state index contributed by atoms with van der Waals surface area (Å²) in [7, 11) is 0. The van der Waals surface area contributed by atoms with Gasteiger partial charge >= 0.3 is 0 Å². The van der Waals surface area contributed by atoms with Crippen LogP contribution in [-0.4, -0.2) is 32.6 Å². The van der Waals surface area contributed by atoms with Crippen molar-refractivity contribution in [3.05, 3.63) is 108 Å². The molecule has 1 saturated carbocycles. The number of piperidine rings is 2. The largest absolute Gasteiger partial charge is 0.301 e. The molecule has 36 heavy (non-hydrogen) atoms. The number of fused-ring (bicyclic) bond motifs is 3. The van der Waals surface area contributed by atoms with Gasteiger partial charge in [0.15, 0.2) is 11.6 Å². The Hall–Kier alpha value is -3.56. The van der Waals surface area contributed by atoms with Crippen molar-refractivity contribution in [2.24, 2.45) is 11.8 Å². The second kappa shape index (κ2) is 7.02. The fourth-order valence-corrected chi connectivity index (χ4v) is 8.48. The van der Waals surface area contributed by atoms with Crippen LogP contribution < -0.4 is 0 Å². The first-order valence-electron chi connectivity index (χ1n) is 13.3. The molecular formula is C33H30N3+. The zero-order chi connectivity index (χ0) is 24.1. The average molecular weight is 469 g/mol. The van der Waals surface area contributed by atoms with E-state index < -0.39 is 0 Å². The molecule has 3 fully saturated rings. The van der Waals surface area contributed by atoms with Crippen LogP contribution in [0.5, 0.6) is 0 Å². The fourth-order valence-electron chi connectivity index (χ4n) is 8.48. The van der Waals surface area contributed by atoms with Crippen LogP contribution in [0.4, 0.5) is 0 Å². The van der Waals surface area contributed by atoms with Crippen molar-refractivity contribution >= 4 is 32.7 Å². The second-order valence-corrected chi connectivity index (χ2v) is 11.3. The van der Waals surface area contributed by atoms with E-state index in [9.17, 15) is 0 Å². The molecule has 3 aliphatic rings. The molecule has 176 valence electrons. The lowest BCUT2D eigenvalue weighted by Crippen LogP contribution is -2.31. The van der Waals surface area contributed by atoms with E-state index >= 15 is 0 Å². The quantitative estimate of drug-likeness (QED) is 0.123. The number of aryl methyl sites for hydroxylation is 1. The molecule has 0 amide bonds. The smallest absolute Gasteiger partial charge is 0.163 e. The van der Waals surface area contributed by atoms with Crippen LogP contribution in [0.2, 0.25) is 0 Å². The Morgan fingerprint density at radius 2 is 1.69 bits per heavy atom. The van der Waals surface area contributed by atoms with Gasteiger partial charge in [0, 0.05) is 52.6 Å². The van der Waals surface area contributed by atoms with E-state index in [1.165, 1.54) is 50.3 Å². The lowest BCUT2D eigenvalue weighted by atomic mass is 9.99. The molecule has 3 heteroatoms. The van der Waals surface area contributed by atoms with E-state index in [0.717, 1.165) is 35.4 Å². The highest BCUT2D eigenvalue weighted by Crippen LogP contribution is 2.80. The zero-order valence-electron chi connectivity index (χ0n) is 20.7. The molecule has 4 unspecified atom stereocenters. The van der Waals surface area contributed by atoms with Crippen LogP contribution in [0.15, 0.2) is 91.6 Å². The Kier molecular flexibility index (Phi) is 4.02. The first kappa shape index (κ1) is 20.6. The number of benzene rings is 3. The van der Waals surface area contributed by atoms with Gasteiger partial charge in [-0.2, -0.15) is 0 Å². The molecule has 2 aromatic heterocycles. The minimum Gasteiger partial charge on any atom is -0.301 e. The molecule has 3 aromatic carbocycles. The number of nitrogens with zero attached hydrogens (tertiary/aromatic N) is 3. The predicted molar refractivity (Wildman–Crippen MR) is 147 cm³/mol. The molecule has 4 heterocycles. The Labute approximate surface area is 211 Å². The molecular weight excluding hydrogens is 438 g/mol. The van der Waals surface area contributed by atoms with E-state index in [1.807, 2.05) is 6.20 Å². The highest BCUT2D eigenvalue weighted by Gasteiger charge is 2.97. The molecule has 0 N–H and O–H groups in total. The lowest BCUT2D eigenvalue weighted by molar-refractivity contribution is -0.840. The van der Waals surface area contributed by atoms with Gasteiger partial charge in [0.05, 0.1) is 23.1 Å². The molecule has 3 nitrogen and oxygen atoms in total. The van der Waals surface area contributed by atoms with Gasteiger partial charge in [0.25, 0.3) is 0 Å². The van der Waals surface area contributed by atoms with Gasteiger partial charge in [-0.05, 0) is 42.8 Å². The van der Waals surface area contributed by atoms with Crippen LogP contribution in [0.3, 0.4) is 0 Å². The molecule has 8 rings (SSSR count). The van der Waals surface area contributed by atoms with E-state index in [0.29, 0.717) is 17.5 Å². The maximum absolute atomic E-state index is 5.01. The minimum atomic E-state index is 0.368. The summed E-state index contributed by atoms with van der Waals surface area (Å²) in [6.07, 6.45) is 6.71. The SMILES string of the molecule is C=CC1C2CC[N+]3(Cc4c5ccccc5nc5ccccc45)[C@H](Cc4ccnc5ccc(C)cc45)C123. The van der Waals surface area contributed by atoms with Crippen molar-refractivity contribution in [3.8, 4) is 0 Å². The normalized spacial score (nSPS) is 29.9. The van der Waals surface area contributed by atoms with E-state index in [-0.39, 0.29) is 0 Å². The van der Waals surface area contributed by atoms with Gasteiger partial charge in [-0.15, -0.1) is 6.58 Å². The third-order valence-corrected chi connectivity index (χ3v) is 9.92. The monoisotopic (exact) mass is 468 g/mol. The lowest BCUT2D eigenvalue weighted by Gasteiger charge is -2.23. The number of hydrogen-bond acceptors (Lipinski definition) is 2. The number of hydrogen-bond donors (Lipinski definition) is 0. The molecule has 2 saturated heterocycles. The predicted octanol–water partition coefficient (Wildman–Crippen LogP) is 6.76. The van der Waals surface area contributed by atoms with Gasteiger partial charge in [-0.25, -0.2) is 4.98 Å². The first-order valence-corrected chi connectivity index (χ1v) is 13.3. The Morgan fingerprint density at radius 3 is 2.42 bits per heavy atom. The maximum Gasteiger partial charge on any atom is 0.163 e. The van der Waals surface area contributed by atoms with Crippen molar-refractivity contribution in [2.45, 2.75) is 37.9 Å². The number of para-hydroxylation sites is 2. The third kappa shape index (κ3) is 2.47. The fraction of sp³-hybridized carbons (Fsp3) is 0.273. The van der Waals surface area contributed by atoms with Gasteiger partial charge < -0.3 is 4.48 Å². The van der Waals surface area contributed by atoms with Gasteiger partial charge in [-0.1, -0.05) is 54.1 Å². The Bertz CT molecular complexity index is 1670. The molecule has 0 bridgehead atoms. The van der Waals surface area contributed by atoms with Crippen molar-refractivity contribution in [1.82, 2.24) is 9.97 Å². The highest BCUT2D eigenvalue weighted by atomic mass is 15.6. The Balaban J connectivity index is 1.27. The molecule has 2 aliphatic heterocycles. The summed E-state index contributed by atoms with van der Waals surface area (Å²) < 4.78 is 1.21.